The van der Waals surface area contributed by atoms with Crippen molar-refractivity contribution >= 4 is 22.7 Å². The minimum atomic E-state index is 0.189. The Hall–Kier alpha value is -2.84. The SMILES string of the molecule is COc1c(C)cnc(CSc2nnc(-c3c[nH]c4ccccc34)n2CC2CCCO2)c1C. The maximum atomic E-state index is 5.94. The first kappa shape index (κ1) is 21.0. The molecule has 1 N–H and O–H groups in total. The molecule has 0 radical (unpaired) electrons. The van der Waals surface area contributed by atoms with Crippen molar-refractivity contribution in [1.29, 1.82) is 0 Å². The van der Waals surface area contributed by atoms with E-state index in [1.165, 1.54) is 0 Å². The summed E-state index contributed by atoms with van der Waals surface area (Å²) in [4.78, 5) is 8.00. The first-order valence-electron chi connectivity index (χ1n) is 10.9. The van der Waals surface area contributed by atoms with E-state index in [2.05, 4.69) is 49.9 Å². The Bertz CT molecular complexity index is 1240. The Morgan fingerprint density at radius 3 is 2.94 bits per heavy atom. The Balaban J connectivity index is 1.48. The van der Waals surface area contributed by atoms with Gasteiger partial charge in [-0.2, -0.15) is 0 Å². The van der Waals surface area contributed by atoms with Gasteiger partial charge in [-0.1, -0.05) is 30.0 Å². The van der Waals surface area contributed by atoms with Gasteiger partial charge in [0, 0.05) is 52.3 Å². The van der Waals surface area contributed by atoms with E-state index < -0.39 is 0 Å². The summed E-state index contributed by atoms with van der Waals surface area (Å²) in [7, 11) is 1.71. The highest BCUT2D eigenvalue weighted by Gasteiger charge is 2.23. The smallest absolute Gasteiger partial charge is 0.191 e. The predicted molar refractivity (Wildman–Crippen MR) is 126 cm³/mol. The van der Waals surface area contributed by atoms with Gasteiger partial charge in [-0.15, -0.1) is 10.2 Å². The van der Waals surface area contributed by atoms with Gasteiger partial charge in [0.25, 0.3) is 0 Å². The average Bonchev–Trinajstić information content (AvgIpc) is 3.54. The topological polar surface area (TPSA) is 77.9 Å². The Labute approximate surface area is 191 Å². The number of H-pyrrole nitrogens is 1. The Morgan fingerprint density at radius 1 is 1.25 bits per heavy atom. The number of nitrogens with one attached hydrogen (secondary N) is 1. The van der Waals surface area contributed by atoms with E-state index in [0.29, 0.717) is 5.75 Å². The summed E-state index contributed by atoms with van der Waals surface area (Å²) in [5.74, 6) is 2.46. The van der Waals surface area contributed by atoms with Crippen LogP contribution < -0.4 is 4.74 Å². The number of fused-ring (bicyclic) bond motifs is 1. The average molecular weight is 450 g/mol. The van der Waals surface area contributed by atoms with Gasteiger partial charge in [0.1, 0.15) is 5.75 Å². The molecule has 0 aliphatic carbocycles. The molecule has 4 aromatic rings. The Kier molecular flexibility index (Phi) is 5.89. The standard InChI is InChI=1S/C24H27N5O2S/c1-15-11-25-21(16(2)22(15)30-3)14-32-24-28-27-23(29(24)13-17-7-6-10-31-17)19-12-26-20-9-5-4-8-18(19)20/h4-5,8-9,11-12,17,26H,6-7,10,13-14H2,1-3H3. The van der Waals surface area contributed by atoms with Crippen molar-refractivity contribution in [3.8, 4) is 17.1 Å². The van der Waals surface area contributed by atoms with Gasteiger partial charge in [-0.25, -0.2) is 0 Å². The number of aromatic amines is 1. The van der Waals surface area contributed by atoms with Gasteiger partial charge in [0.15, 0.2) is 11.0 Å². The minimum absolute atomic E-state index is 0.189. The van der Waals surface area contributed by atoms with Gasteiger partial charge in [-0.05, 0) is 32.8 Å². The zero-order valence-corrected chi connectivity index (χ0v) is 19.4. The summed E-state index contributed by atoms with van der Waals surface area (Å²) in [6.45, 7) is 5.64. The fourth-order valence-corrected chi connectivity index (χ4v) is 5.33. The van der Waals surface area contributed by atoms with Crippen molar-refractivity contribution in [2.45, 2.75) is 50.2 Å². The number of hydrogen-bond acceptors (Lipinski definition) is 6. The van der Waals surface area contributed by atoms with Crippen molar-refractivity contribution in [2.24, 2.45) is 0 Å². The number of aryl methyl sites for hydroxylation is 1. The van der Waals surface area contributed by atoms with E-state index in [9.17, 15) is 0 Å². The monoisotopic (exact) mass is 449 g/mol. The highest BCUT2D eigenvalue weighted by molar-refractivity contribution is 7.98. The molecule has 1 unspecified atom stereocenters. The molecule has 5 rings (SSSR count). The number of pyridine rings is 1. The summed E-state index contributed by atoms with van der Waals surface area (Å²) in [5, 5.41) is 11.2. The van der Waals surface area contributed by atoms with Crippen LogP contribution in [0.3, 0.4) is 0 Å². The fraction of sp³-hybridized carbons (Fsp3) is 0.375. The lowest BCUT2D eigenvalue weighted by molar-refractivity contribution is 0.0953. The van der Waals surface area contributed by atoms with Crippen molar-refractivity contribution < 1.29 is 9.47 Å². The van der Waals surface area contributed by atoms with E-state index in [1.807, 2.05) is 25.4 Å². The molecule has 8 heteroatoms. The van der Waals surface area contributed by atoms with Gasteiger partial charge >= 0.3 is 0 Å². The number of benzene rings is 1. The molecule has 0 amide bonds. The minimum Gasteiger partial charge on any atom is -0.496 e. The summed E-state index contributed by atoms with van der Waals surface area (Å²) in [6.07, 6.45) is 6.24. The van der Waals surface area contributed by atoms with Gasteiger partial charge in [0.05, 0.1) is 25.5 Å². The lowest BCUT2D eigenvalue weighted by Crippen LogP contribution is -2.16. The van der Waals surface area contributed by atoms with Crippen LogP contribution in [-0.4, -0.2) is 44.6 Å². The van der Waals surface area contributed by atoms with Crippen LogP contribution >= 0.6 is 11.8 Å². The number of ether oxygens (including phenoxy) is 2. The number of rotatable bonds is 7. The molecule has 1 aliphatic rings. The van der Waals surface area contributed by atoms with E-state index in [1.54, 1.807) is 18.9 Å². The molecule has 0 saturated carbocycles. The van der Waals surface area contributed by atoms with Gasteiger partial charge < -0.3 is 14.5 Å². The quantitative estimate of drug-likeness (QED) is 0.404. The predicted octanol–water partition coefficient (Wildman–Crippen LogP) is 4.92. The summed E-state index contributed by atoms with van der Waals surface area (Å²) in [6, 6.07) is 8.28. The number of hydrogen-bond donors (Lipinski definition) is 1. The zero-order chi connectivity index (χ0) is 22.1. The molecule has 166 valence electrons. The first-order chi connectivity index (χ1) is 15.7. The molecule has 1 atom stereocenters. The van der Waals surface area contributed by atoms with Crippen LogP contribution in [0.1, 0.15) is 29.7 Å². The molecule has 0 bridgehead atoms. The second-order valence-corrected chi connectivity index (χ2v) is 9.08. The molecule has 1 saturated heterocycles. The molecular weight excluding hydrogens is 422 g/mol. The third kappa shape index (κ3) is 3.89. The van der Waals surface area contributed by atoms with Crippen LogP contribution in [0.5, 0.6) is 5.75 Å². The molecule has 1 aliphatic heterocycles. The first-order valence-corrected chi connectivity index (χ1v) is 11.9. The van der Waals surface area contributed by atoms with Crippen molar-refractivity contribution in [1.82, 2.24) is 24.7 Å². The second kappa shape index (κ2) is 8.96. The number of aromatic nitrogens is 5. The van der Waals surface area contributed by atoms with E-state index >= 15 is 0 Å². The molecule has 32 heavy (non-hydrogen) atoms. The van der Waals surface area contributed by atoms with Crippen molar-refractivity contribution in [3.63, 3.8) is 0 Å². The zero-order valence-electron chi connectivity index (χ0n) is 18.6. The van der Waals surface area contributed by atoms with Crippen LogP contribution in [0.4, 0.5) is 0 Å². The highest BCUT2D eigenvalue weighted by Crippen LogP contribution is 2.33. The van der Waals surface area contributed by atoms with Gasteiger partial charge in [-0.3, -0.25) is 9.55 Å². The number of methoxy groups -OCH3 is 1. The maximum absolute atomic E-state index is 5.94. The van der Waals surface area contributed by atoms with Crippen LogP contribution in [0.15, 0.2) is 41.8 Å². The number of nitrogens with zero attached hydrogens (tertiary/aromatic N) is 4. The molecule has 7 nitrogen and oxygen atoms in total. The number of para-hydroxylation sites is 1. The van der Waals surface area contributed by atoms with Gasteiger partial charge in [0.2, 0.25) is 0 Å². The van der Waals surface area contributed by atoms with Crippen molar-refractivity contribution in [2.75, 3.05) is 13.7 Å². The molecule has 1 fully saturated rings. The van der Waals surface area contributed by atoms with E-state index in [4.69, 9.17) is 9.47 Å². The summed E-state index contributed by atoms with van der Waals surface area (Å²) >= 11 is 1.65. The second-order valence-electron chi connectivity index (χ2n) is 8.13. The third-order valence-corrected chi connectivity index (χ3v) is 7.02. The lowest BCUT2D eigenvalue weighted by atomic mass is 10.1. The normalized spacial score (nSPS) is 16.2. The summed E-state index contributed by atoms with van der Waals surface area (Å²) < 4.78 is 13.7. The third-order valence-electron chi connectivity index (χ3n) is 6.04. The largest absolute Gasteiger partial charge is 0.496 e. The molecule has 1 aromatic carbocycles. The maximum Gasteiger partial charge on any atom is 0.191 e. The van der Waals surface area contributed by atoms with Crippen LogP contribution in [0, 0.1) is 13.8 Å². The molecular formula is C24H27N5O2S. The summed E-state index contributed by atoms with van der Waals surface area (Å²) in [5.41, 5.74) is 5.26. The van der Waals surface area contributed by atoms with E-state index in [-0.39, 0.29) is 6.10 Å². The lowest BCUT2D eigenvalue weighted by Gasteiger charge is -2.15. The van der Waals surface area contributed by atoms with Crippen molar-refractivity contribution in [3.05, 3.63) is 53.5 Å². The molecule has 4 heterocycles. The highest BCUT2D eigenvalue weighted by atomic mass is 32.2. The van der Waals surface area contributed by atoms with E-state index in [0.717, 1.165) is 76.0 Å². The molecule has 0 spiro atoms. The van der Waals surface area contributed by atoms with Crippen LogP contribution in [0.2, 0.25) is 0 Å². The fourth-order valence-electron chi connectivity index (χ4n) is 4.36. The van der Waals surface area contributed by atoms with Crippen LogP contribution in [0.25, 0.3) is 22.3 Å². The van der Waals surface area contributed by atoms with Crippen LogP contribution in [-0.2, 0) is 17.0 Å². The Morgan fingerprint density at radius 2 is 2.12 bits per heavy atom. The number of thioether (sulfide) groups is 1. The molecule has 3 aromatic heterocycles.